The lowest BCUT2D eigenvalue weighted by atomic mass is 10.2. The third-order valence-corrected chi connectivity index (χ3v) is 2.21. The predicted molar refractivity (Wildman–Crippen MR) is 50.0 cm³/mol. The van der Waals surface area contributed by atoms with Crippen molar-refractivity contribution < 1.29 is 14.7 Å². The highest BCUT2D eigenvalue weighted by molar-refractivity contribution is 5.95. The number of carboxylic acids is 1. The summed E-state index contributed by atoms with van der Waals surface area (Å²) in [5, 5.41) is 11.4. The van der Waals surface area contributed by atoms with Gasteiger partial charge in [-0.25, -0.2) is 4.79 Å². The molecule has 6 nitrogen and oxygen atoms in total. The normalized spacial score (nSPS) is 14.3. The number of carbonyl (C=O) groups excluding carboxylic acids is 1. The fourth-order valence-electron chi connectivity index (χ4n) is 1.57. The monoisotopic (exact) mass is 208 g/mol. The number of carbonyl (C=O) groups is 2. The number of aromatic carboxylic acids is 1. The Kier molecular flexibility index (Phi) is 2.03. The van der Waals surface area contributed by atoms with Crippen LogP contribution in [0, 0.1) is 0 Å². The number of fused-ring (bicyclic) bond motifs is 1. The highest BCUT2D eigenvalue weighted by Gasteiger charge is 2.21. The Morgan fingerprint density at radius 1 is 1.40 bits per heavy atom. The van der Waals surface area contributed by atoms with Crippen molar-refractivity contribution in [2.24, 2.45) is 0 Å². The second-order valence-corrected chi connectivity index (χ2v) is 3.17. The highest BCUT2D eigenvalue weighted by Crippen LogP contribution is 2.07. The van der Waals surface area contributed by atoms with E-state index in [0.717, 1.165) is 12.1 Å². The molecule has 1 aromatic heterocycles. The minimum absolute atomic E-state index is 0.103. The van der Waals surface area contributed by atoms with Crippen molar-refractivity contribution in [1.29, 1.82) is 0 Å². The smallest absolute Gasteiger partial charge is 0.352 e. The van der Waals surface area contributed by atoms with E-state index in [2.05, 4.69) is 5.32 Å². The Morgan fingerprint density at radius 3 is 2.80 bits per heavy atom. The molecule has 15 heavy (non-hydrogen) atoms. The van der Waals surface area contributed by atoms with Gasteiger partial charge in [-0.05, 0) is 0 Å². The standard InChI is InChI=1S/C9H8N2O4/c12-5-3-6-8(13)10-1-2-11(6)7(4-5)9(14)15/h3-4H,1-2H2,(H,10,13)(H,14,15). The lowest BCUT2D eigenvalue weighted by molar-refractivity contribution is 0.0682. The van der Waals surface area contributed by atoms with E-state index in [1.165, 1.54) is 4.57 Å². The molecule has 2 rings (SSSR count). The number of hydrogen-bond acceptors (Lipinski definition) is 3. The highest BCUT2D eigenvalue weighted by atomic mass is 16.4. The van der Waals surface area contributed by atoms with Gasteiger partial charge in [0, 0.05) is 25.2 Å². The summed E-state index contributed by atoms with van der Waals surface area (Å²) in [6.07, 6.45) is 0. The first kappa shape index (κ1) is 9.45. The van der Waals surface area contributed by atoms with Gasteiger partial charge in [0.2, 0.25) is 0 Å². The van der Waals surface area contributed by atoms with E-state index in [4.69, 9.17) is 5.11 Å². The Bertz CT molecular complexity index is 483. The molecule has 0 unspecified atom stereocenters. The van der Waals surface area contributed by atoms with Crippen LogP contribution in [0.3, 0.4) is 0 Å². The Labute approximate surface area is 84.1 Å². The van der Waals surface area contributed by atoms with E-state index >= 15 is 0 Å². The zero-order valence-electron chi connectivity index (χ0n) is 7.69. The van der Waals surface area contributed by atoms with E-state index in [9.17, 15) is 14.4 Å². The molecule has 0 fully saturated rings. The molecule has 78 valence electrons. The van der Waals surface area contributed by atoms with Crippen LogP contribution >= 0.6 is 0 Å². The van der Waals surface area contributed by atoms with Gasteiger partial charge in [-0.2, -0.15) is 0 Å². The second-order valence-electron chi connectivity index (χ2n) is 3.17. The molecule has 0 atom stereocenters. The second kappa shape index (κ2) is 3.23. The number of nitrogens with zero attached hydrogens (tertiary/aromatic N) is 1. The number of hydrogen-bond donors (Lipinski definition) is 2. The van der Waals surface area contributed by atoms with Crippen molar-refractivity contribution >= 4 is 11.9 Å². The summed E-state index contributed by atoms with van der Waals surface area (Å²) >= 11 is 0. The van der Waals surface area contributed by atoms with Crippen LogP contribution in [0.1, 0.15) is 21.0 Å². The first-order valence-corrected chi connectivity index (χ1v) is 4.36. The van der Waals surface area contributed by atoms with Crippen molar-refractivity contribution in [3.63, 3.8) is 0 Å². The number of nitrogens with one attached hydrogen (secondary N) is 1. The number of aromatic nitrogens is 1. The average molecular weight is 208 g/mol. The fourth-order valence-corrected chi connectivity index (χ4v) is 1.57. The van der Waals surface area contributed by atoms with Gasteiger partial charge < -0.3 is 15.0 Å². The summed E-state index contributed by atoms with van der Waals surface area (Å²) in [4.78, 5) is 33.3. The maximum atomic E-state index is 11.3. The first-order chi connectivity index (χ1) is 7.09. The van der Waals surface area contributed by atoms with Gasteiger partial charge in [0.1, 0.15) is 11.4 Å². The van der Waals surface area contributed by atoms with E-state index < -0.39 is 17.3 Å². The maximum Gasteiger partial charge on any atom is 0.352 e. The van der Waals surface area contributed by atoms with E-state index in [1.54, 1.807) is 0 Å². The molecule has 6 heteroatoms. The Morgan fingerprint density at radius 2 is 2.13 bits per heavy atom. The van der Waals surface area contributed by atoms with Gasteiger partial charge in [-0.3, -0.25) is 9.59 Å². The average Bonchev–Trinajstić information content (AvgIpc) is 2.18. The van der Waals surface area contributed by atoms with Crippen molar-refractivity contribution in [2.75, 3.05) is 6.54 Å². The van der Waals surface area contributed by atoms with Gasteiger partial charge in [0.25, 0.3) is 5.91 Å². The summed E-state index contributed by atoms with van der Waals surface area (Å²) in [7, 11) is 0. The largest absolute Gasteiger partial charge is 0.477 e. The molecule has 0 saturated carbocycles. The molecule has 1 aromatic rings. The van der Waals surface area contributed by atoms with E-state index in [-0.39, 0.29) is 11.4 Å². The summed E-state index contributed by atoms with van der Waals surface area (Å²) in [5.74, 6) is -1.62. The van der Waals surface area contributed by atoms with Crippen LogP contribution in [0.25, 0.3) is 0 Å². The fraction of sp³-hybridized carbons (Fsp3) is 0.222. The van der Waals surface area contributed by atoms with Crippen LogP contribution in [-0.4, -0.2) is 28.1 Å². The number of carboxylic acid groups (broad SMARTS) is 1. The molecule has 1 amide bonds. The third kappa shape index (κ3) is 1.50. The van der Waals surface area contributed by atoms with Crippen molar-refractivity contribution in [3.8, 4) is 0 Å². The van der Waals surface area contributed by atoms with Gasteiger partial charge in [0.15, 0.2) is 5.43 Å². The maximum absolute atomic E-state index is 11.3. The zero-order valence-corrected chi connectivity index (χ0v) is 7.69. The molecule has 2 heterocycles. The van der Waals surface area contributed by atoms with Gasteiger partial charge >= 0.3 is 5.97 Å². The minimum Gasteiger partial charge on any atom is -0.477 e. The van der Waals surface area contributed by atoms with Crippen LogP contribution in [0.5, 0.6) is 0 Å². The molecular weight excluding hydrogens is 200 g/mol. The molecular formula is C9H8N2O4. The number of rotatable bonds is 1. The number of amides is 1. The molecule has 0 aliphatic carbocycles. The topological polar surface area (TPSA) is 88.4 Å². The molecule has 0 aromatic carbocycles. The summed E-state index contributed by atoms with van der Waals surface area (Å²) in [6, 6.07) is 2.16. The molecule has 0 radical (unpaired) electrons. The molecule has 1 aliphatic rings. The van der Waals surface area contributed by atoms with Crippen LogP contribution < -0.4 is 10.7 Å². The van der Waals surface area contributed by atoms with Crippen LogP contribution in [0.4, 0.5) is 0 Å². The Balaban J connectivity index is 2.73. The lowest BCUT2D eigenvalue weighted by Crippen LogP contribution is -2.39. The van der Waals surface area contributed by atoms with Gasteiger partial charge in [0.05, 0.1) is 0 Å². The first-order valence-electron chi connectivity index (χ1n) is 4.36. The number of pyridine rings is 1. The van der Waals surface area contributed by atoms with Gasteiger partial charge in [-0.1, -0.05) is 0 Å². The molecule has 0 saturated heterocycles. The summed E-state index contributed by atoms with van der Waals surface area (Å²) in [6.45, 7) is 0.734. The third-order valence-electron chi connectivity index (χ3n) is 2.21. The summed E-state index contributed by atoms with van der Waals surface area (Å²) in [5.41, 5.74) is -0.519. The van der Waals surface area contributed by atoms with Crippen molar-refractivity contribution in [1.82, 2.24) is 9.88 Å². The summed E-state index contributed by atoms with van der Waals surface area (Å²) < 4.78 is 1.34. The quantitative estimate of drug-likeness (QED) is 0.638. The zero-order chi connectivity index (χ0) is 11.0. The lowest BCUT2D eigenvalue weighted by Gasteiger charge is -2.20. The van der Waals surface area contributed by atoms with Crippen LogP contribution in [-0.2, 0) is 6.54 Å². The minimum atomic E-state index is -1.20. The van der Waals surface area contributed by atoms with E-state index in [0.29, 0.717) is 13.1 Å². The Hall–Kier alpha value is -2.11. The SMILES string of the molecule is O=C(O)c1cc(=O)cc2n1CCNC2=O. The predicted octanol–water partition coefficient (Wildman–Crippen LogP) is -0.710. The van der Waals surface area contributed by atoms with Crippen LogP contribution in [0.2, 0.25) is 0 Å². The molecule has 0 spiro atoms. The van der Waals surface area contributed by atoms with Gasteiger partial charge in [-0.15, -0.1) is 0 Å². The van der Waals surface area contributed by atoms with Crippen molar-refractivity contribution in [3.05, 3.63) is 33.7 Å². The molecule has 0 bridgehead atoms. The van der Waals surface area contributed by atoms with Crippen LogP contribution in [0.15, 0.2) is 16.9 Å². The molecule has 1 aliphatic heterocycles. The van der Waals surface area contributed by atoms with Crippen molar-refractivity contribution in [2.45, 2.75) is 6.54 Å². The van der Waals surface area contributed by atoms with E-state index in [1.807, 2.05) is 0 Å². The molecule has 2 N–H and O–H groups in total.